The largest absolute Gasteiger partial charge is 0.372 e. The molecule has 1 aliphatic rings. The molecule has 1 aromatic heterocycles. The van der Waals surface area contributed by atoms with E-state index >= 15 is 0 Å². The standard InChI is InChI=1S/C18H17N3O3/c1-20-15-6-5-14(8-16(15)21(2)18(20)23)19-17(22)11-3-4-12-9-24-10-13(12)7-11/h3-8H,9-10H2,1-2H3,(H,19,22). The molecular formula is C18H17N3O3. The van der Waals surface area contributed by atoms with Crippen LogP contribution in [0.3, 0.4) is 0 Å². The lowest BCUT2D eigenvalue weighted by Gasteiger charge is -2.07. The summed E-state index contributed by atoms with van der Waals surface area (Å²) in [7, 11) is 3.45. The molecule has 3 aromatic rings. The average molecular weight is 323 g/mol. The Hall–Kier alpha value is -2.86. The summed E-state index contributed by atoms with van der Waals surface area (Å²) in [6, 6.07) is 11.1. The molecule has 1 aliphatic heterocycles. The monoisotopic (exact) mass is 323 g/mol. The molecule has 6 heteroatoms. The van der Waals surface area contributed by atoms with Gasteiger partial charge >= 0.3 is 5.69 Å². The number of carbonyl (C=O) groups is 1. The molecule has 0 aliphatic carbocycles. The number of hydrogen-bond donors (Lipinski definition) is 1. The van der Waals surface area contributed by atoms with Gasteiger partial charge in [-0.1, -0.05) is 6.07 Å². The van der Waals surface area contributed by atoms with Crippen LogP contribution in [0.15, 0.2) is 41.2 Å². The lowest BCUT2D eigenvalue weighted by atomic mass is 10.1. The molecule has 0 radical (unpaired) electrons. The van der Waals surface area contributed by atoms with E-state index in [1.54, 1.807) is 35.4 Å². The van der Waals surface area contributed by atoms with E-state index in [2.05, 4.69) is 5.32 Å². The highest BCUT2D eigenvalue weighted by molar-refractivity contribution is 6.05. The first-order valence-corrected chi connectivity index (χ1v) is 7.71. The number of benzene rings is 2. The van der Waals surface area contributed by atoms with Gasteiger partial charge in [0.2, 0.25) is 0 Å². The maximum atomic E-state index is 12.5. The summed E-state index contributed by atoms with van der Waals surface area (Å²) in [5, 5.41) is 2.89. The van der Waals surface area contributed by atoms with Crippen LogP contribution >= 0.6 is 0 Å². The highest BCUT2D eigenvalue weighted by Crippen LogP contribution is 2.22. The summed E-state index contributed by atoms with van der Waals surface area (Å²) < 4.78 is 8.53. The van der Waals surface area contributed by atoms with Crippen LogP contribution in [0.2, 0.25) is 0 Å². The molecule has 0 unspecified atom stereocenters. The van der Waals surface area contributed by atoms with Crippen LogP contribution in [0.25, 0.3) is 11.0 Å². The summed E-state index contributed by atoms with van der Waals surface area (Å²) in [6.07, 6.45) is 0. The molecule has 2 aromatic carbocycles. The molecule has 0 spiro atoms. The Labute approximate surface area is 138 Å². The molecule has 1 N–H and O–H groups in total. The molecule has 0 bridgehead atoms. The van der Waals surface area contributed by atoms with E-state index in [0.29, 0.717) is 24.5 Å². The molecule has 0 saturated heterocycles. The Morgan fingerprint density at radius 3 is 2.58 bits per heavy atom. The zero-order valence-electron chi connectivity index (χ0n) is 13.5. The van der Waals surface area contributed by atoms with E-state index in [1.165, 1.54) is 0 Å². The summed E-state index contributed by atoms with van der Waals surface area (Å²) in [5.41, 5.74) is 4.97. The number of rotatable bonds is 2. The molecule has 2 heterocycles. The van der Waals surface area contributed by atoms with Crippen molar-refractivity contribution in [2.45, 2.75) is 13.2 Å². The smallest absolute Gasteiger partial charge is 0.328 e. The van der Waals surface area contributed by atoms with Gasteiger partial charge in [-0.15, -0.1) is 0 Å². The highest BCUT2D eigenvalue weighted by Gasteiger charge is 2.15. The topological polar surface area (TPSA) is 65.3 Å². The van der Waals surface area contributed by atoms with Gasteiger partial charge in [-0.3, -0.25) is 13.9 Å². The van der Waals surface area contributed by atoms with Crippen LogP contribution in [-0.4, -0.2) is 15.0 Å². The van der Waals surface area contributed by atoms with Gasteiger partial charge in [-0.2, -0.15) is 0 Å². The fourth-order valence-corrected chi connectivity index (χ4v) is 3.10. The van der Waals surface area contributed by atoms with E-state index in [-0.39, 0.29) is 11.6 Å². The number of aromatic nitrogens is 2. The number of carbonyl (C=O) groups excluding carboxylic acids is 1. The molecule has 0 atom stereocenters. The second-order valence-electron chi connectivity index (χ2n) is 6.03. The number of ether oxygens (including phenoxy) is 1. The van der Waals surface area contributed by atoms with Crippen molar-refractivity contribution in [1.29, 1.82) is 0 Å². The number of nitrogens with one attached hydrogen (secondary N) is 1. The van der Waals surface area contributed by atoms with Crippen LogP contribution in [0.4, 0.5) is 5.69 Å². The van der Waals surface area contributed by atoms with Gasteiger partial charge in [0.05, 0.1) is 24.2 Å². The van der Waals surface area contributed by atoms with E-state index in [9.17, 15) is 9.59 Å². The van der Waals surface area contributed by atoms with Crippen LogP contribution < -0.4 is 11.0 Å². The van der Waals surface area contributed by atoms with Crippen molar-refractivity contribution in [3.8, 4) is 0 Å². The molecule has 0 saturated carbocycles. The lowest BCUT2D eigenvalue weighted by molar-refractivity contribution is 0.102. The second-order valence-corrected chi connectivity index (χ2v) is 6.03. The van der Waals surface area contributed by atoms with Gasteiger partial charge in [0.25, 0.3) is 5.91 Å². The SMILES string of the molecule is Cn1c(=O)n(C)c2cc(NC(=O)c3ccc4c(c3)COC4)ccc21. The third-order valence-corrected chi connectivity index (χ3v) is 4.51. The zero-order valence-corrected chi connectivity index (χ0v) is 13.5. The number of imidazole rings is 1. The Kier molecular flexibility index (Phi) is 3.28. The fraction of sp³-hybridized carbons (Fsp3) is 0.222. The molecule has 24 heavy (non-hydrogen) atoms. The number of amides is 1. The minimum absolute atomic E-state index is 0.0906. The molecule has 4 rings (SSSR count). The maximum absolute atomic E-state index is 12.5. The van der Waals surface area contributed by atoms with E-state index in [4.69, 9.17) is 4.74 Å². The fourth-order valence-electron chi connectivity index (χ4n) is 3.10. The van der Waals surface area contributed by atoms with Crippen LogP contribution in [0, 0.1) is 0 Å². The van der Waals surface area contributed by atoms with Gasteiger partial charge in [0.15, 0.2) is 0 Å². The number of fused-ring (bicyclic) bond motifs is 2. The Morgan fingerprint density at radius 1 is 1.00 bits per heavy atom. The third kappa shape index (κ3) is 2.23. The third-order valence-electron chi connectivity index (χ3n) is 4.51. The van der Waals surface area contributed by atoms with Crippen LogP contribution in [0.5, 0.6) is 0 Å². The van der Waals surface area contributed by atoms with E-state index in [1.807, 2.05) is 24.3 Å². The molecule has 6 nitrogen and oxygen atoms in total. The van der Waals surface area contributed by atoms with Crippen LogP contribution in [0.1, 0.15) is 21.5 Å². The first-order valence-electron chi connectivity index (χ1n) is 7.71. The zero-order chi connectivity index (χ0) is 16.8. The number of nitrogens with zero attached hydrogens (tertiary/aromatic N) is 2. The lowest BCUT2D eigenvalue weighted by Crippen LogP contribution is -2.19. The summed E-state index contributed by atoms with van der Waals surface area (Å²) >= 11 is 0. The van der Waals surface area contributed by atoms with Crippen molar-refractivity contribution in [3.63, 3.8) is 0 Å². The number of anilines is 1. The van der Waals surface area contributed by atoms with E-state index < -0.39 is 0 Å². The summed E-state index contributed by atoms with van der Waals surface area (Å²) in [6.45, 7) is 1.16. The Bertz CT molecular complexity index is 1030. The van der Waals surface area contributed by atoms with Gasteiger partial charge < -0.3 is 10.1 Å². The van der Waals surface area contributed by atoms with Crippen molar-refractivity contribution >= 4 is 22.6 Å². The predicted octanol–water partition coefficient (Wildman–Crippen LogP) is 2.16. The summed E-state index contributed by atoms with van der Waals surface area (Å²) in [5.74, 6) is -0.176. The maximum Gasteiger partial charge on any atom is 0.328 e. The molecule has 0 fully saturated rings. The highest BCUT2D eigenvalue weighted by atomic mass is 16.5. The average Bonchev–Trinajstić information content (AvgIpc) is 3.14. The van der Waals surface area contributed by atoms with Crippen molar-refractivity contribution in [3.05, 3.63) is 63.6 Å². The first kappa shape index (κ1) is 14.7. The number of aryl methyl sites for hydroxylation is 2. The molecule has 1 amide bonds. The Morgan fingerprint density at radius 2 is 1.75 bits per heavy atom. The van der Waals surface area contributed by atoms with E-state index in [0.717, 1.165) is 22.2 Å². The first-order chi connectivity index (χ1) is 11.5. The van der Waals surface area contributed by atoms with Gasteiger partial charge in [0.1, 0.15) is 0 Å². The van der Waals surface area contributed by atoms with Crippen molar-refractivity contribution in [2.75, 3.05) is 5.32 Å². The summed E-state index contributed by atoms with van der Waals surface area (Å²) in [4.78, 5) is 24.5. The van der Waals surface area contributed by atoms with Crippen molar-refractivity contribution in [1.82, 2.24) is 9.13 Å². The number of hydrogen-bond acceptors (Lipinski definition) is 3. The normalized spacial score (nSPS) is 13.2. The molecular weight excluding hydrogens is 306 g/mol. The minimum Gasteiger partial charge on any atom is -0.372 e. The molecule has 122 valence electrons. The minimum atomic E-state index is -0.176. The van der Waals surface area contributed by atoms with Gasteiger partial charge in [0, 0.05) is 25.3 Å². The predicted molar refractivity (Wildman–Crippen MR) is 91.0 cm³/mol. The second kappa shape index (κ2) is 5.35. The van der Waals surface area contributed by atoms with Crippen molar-refractivity contribution in [2.24, 2.45) is 14.1 Å². The van der Waals surface area contributed by atoms with Crippen LogP contribution in [-0.2, 0) is 32.0 Å². The Balaban J connectivity index is 1.65. The van der Waals surface area contributed by atoms with Gasteiger partial charge in [-0.25, -0.2) is 4.79 Å². The quantitative estimate of drug-likeness (QED) is 0.786. The van der Waals surface area contributed by atoms with Gasteiger partial charge in [-0.05, 0) is 41.5 Å². The van der Waals surface area contributed by atoms with Crippen molar-refractivity contribution < 1.29 is 9.53 Å².